The molecule has 0 spiro atoms. The van der Waals surface area contributed by atoms with E-state index in [9.17, 15) is 0 Å². The molecule has 37 heavy (non-hydrogen) atoms. The Morgan fingerprint density at radius 2 is 0.838 bits per heavy atom. The van der Waals surface area contributed by atoms with Crippen LogP contribution < -0.4 is 0 Å². The van der Waals surface area contributed by atoms with Crippen molar-refractivity contribution < 1.29 is 26.2 Å². The number of hydrogen-bond donors (Lipinski definition) is 0. The van der Waals surface area contributed by atoms with Crippen LogP contribution in [0.3, 0.4) is 0 Å². The van der Waals surface area contributed by atoms with Gasteiger partial charge in [0.1, 0.15) is 0 Å². The molecule has 0 amide bonds. The maximum atomic E-state index is 4.93. The molecular formula is C33H34Cl2PZr-. The monoisotopic (exact) mass is 621 g/mol. The van der Waals surface area contributed by atoms with Crippen LogP contribution in [0.25, 0.3) is 0 Å². The summed E-state index contributed by atoms with van der Waals surface area (Å²) in [6, 6.07) is 44.6. The van der Waals surface area contributed by atoms with E-state index in [0.717, 1.165) is 8.58 Å². The van der Waals surface area contributed by atoms with Crippen LogP contribution in [0.2, 0.25) is 0 Å². The fourth-order valence-electron chi connectivity index (χ4n) is 5.00. The molecule has 0 radical (unpaired) electrons. The largest absolute Gasteiger partial charge is 0.293 e. The van der Waals surface area contributed by atoms with Crippen LogP contribution in [0.5, 0.6) is 0 Å². The molecule has 1 aliphatic rings. The van der Waals surface area contributed by atoms with E-state index in [1.54, 1.807) is 6.08 Å². The summed E-state index contributed by atoms with van der Waals surface area (Å²) in [6.45, 7) is 6.85. The second-order valence-corrected chi connectivity index (χ2v) is 10.1. The van der Waals surface area contributed by atoms with Crippen molar-refractivity contribution in [1.29, 1.82) is 0 Å². The Bertz CT molecular complexity index is 1080. The van der Waals surface area contributed by atoms with E-state index in [1.807, 2.05) is 13.0 Å². The van der Waals surface area contributed by atoms with Gasteiger partial charge in [-0.3, -0.25) is 6.58 Å². The van der Waals surface area contributed by atoms with Gasteiger partial charge in [-0.25, -0.2) is 12.2 Å². The average Bonchev–Trinajstić information content (AvgIpc) is 3.32. The second-order valence-electron chi connectivity index (χ2n) is 8.53. The van der Waals surface area contributed by atoms with Crippen molar-refractivity contribution >= 4 is 33.4 Å². The number of hydrogen-bond acceptors (Lipinski definition) is 0. The van der Waals surface area contributed by atoms with E-state index in [1.165, 1.54) is 28.3 Å². The molecule has 4 aromatic rings. The standard InChI is InChI=1S/C28H25P.C5H7.2ClH.Zr/c1-5-13-21(14-6-1)25-26(22-15-7-2-8-16-22)28(24-19-11-4-12-20-24)29-27(25)23-17-9-3-10-18-23;1-3-5-4-2;;;/h1-20,25-29H;1,3-5H,2H3;2*1H;/q;-1;;;. The summed E-state index contributed by atoms with van der Waals surface area (Å²) in [6.07, 6.45) is 5.15. The molecule has 1 saturated heterocycles. The van der Waals surface area contributed by atoms with Gasteiger partial charge in [-0.2, -0.15) is 6.08 Å². The van der Waals surface area contributed by atoms with Crippen molar-refractivity contribution in [1.82, 2.24) is 0 Å². The first-order valence-electron chi connectivity index (χ1n) is 12.0. The number of allylic oxidation sites excluding steroid dienone is 3. The molecule has 0 aliphatic carbocycles. The summed E-state index contributed by atoms with van der Waals surface area (Å²) in [4.78, 5) is 0. The average molecular weight is 624 g/mol. The van der Waals surface area contributed by atoms with E-state index in [0.29, 0.717) is 23.2 Å². The Labute approximate surface area is 256 Å². The smallest absolute Gasteiger partial charge is 0.00947 e. The first-order valence-corrected chi connectivity index (χ1v) is 13.1. The van der Waals surface area contributed by atoms with Crippen LogP contribution in [0.15, 0.2) is 140 Å². The van der Waals surface area contributed by atoms with Gasteiger partial charge in [0, 0.05) is 49.4 Å². The quantitative estimate of drug-likeness (QED) is 0.118. The van der Waals surface area contributed by atoms with Gasteiger partial charge in [-0.1, -0.05) is 128 Å². The zero-order valence-corrected chi connectivity index (χ0v) is 26.1. The van der Waals surface area contributed by atoms with Crippen molar-refractivity contribution in [2.75, 3.05) is 0 Å². The number of benzene rings is 4. The molecule has 0 aromatic heterocycles. The molecule has 0 nitrogen and oxygen atoms in total. The van der Waals surface area contributed by atoms with Gasteiger partial charge in [-0.05, 0) is 22.3 Å². The Morgan fingerprint density at radius 3 is 1.08 bits per heavy atom. The molecule has 4 aromatic carbocycles. The number of halogens is 2. The van der Waals surface area contributed by atoms with Crippen LogP contribution >= 0.6 is 33.4 Å². The van der Waals surface area contributed by atoms with Crippen LogP contribution in [-0.2, 0) is 26.2 Å². The number of rotatable bonds is 5. The van der Waals surface area contributed by atoms with Gasteiger partial charge >= 0.3 is 0 Å². The zero-order chi connectivity index (χ0) is 23.6. The molecule has 4 unspecified atom stereocenters. The van der Waals surface area contributed by atoms with E-state index in [2.05, 4.69) is 121 Å². The predicted octanol–water partition coefficient (Wildman–Crippen LogP) is 10.1. The summed E-state index contributed by atoms with van der Waals surface area (Å²) < 4.78 is 0. The van der Waals surface area contributed by atoms with Gasteiger partial charge < -0.3 is 0 Å². The van der Waals surface area contributed by atoms with Crippen molar-refractivity contribution in [2.24, 2.45) is 0 Å². The van der Waals surface area contributed by atoms with Crippen molar-refractivity contribution in [2.45, 2.75) is 30.1 Å². The summed E-state index contributed by atoms with van der Waals surface area (Å²) in [5.41, 5.74) is 6.93. The molecule has 1 aliphatic heterocycles. The fourth-order valence-corrected chi connectivity index (χ4v) is 7.38. The third-order valence-electron chi connectivity index (χ3n) is 6.45. The molecule has 5 rings (SSSR count). The Balaban J connectivity index is 0.000000786. The van der Waals surface area contributed by atoms with E-state index < -0.39 is 0 Å². The first-order chi connectivity index (χ1) is 16.8. The summed E-state index contributed by atoms with van der Waals surface area (Å²) in [5.74, 6) is 0.953. The third kappa shape index (κ3) is 8.63. The van der Waals surface area contributed by atoms with E-state index in [-0.39, 0.29) is 51.0 Å². The van der Waals surface area contributed by atoms with Gasteiger partial charge in [0.25, 0.3) is 0 Å². The Kier molecular flexibility index (Phi) is 15.9. The minimum absolute atomic E-state index is 0. The molecule has 0 N–H and O–H groups in total. The van der Waals surface area contributed by atoms with Crippen molar-refractivity contribution in [3.8, 4) is 0 Å². The topological polar surface area (TPSA) is 0 Å². The van der Waals surface area contributed by atoms with Gasteiger partial charge in [0.15, 0.2) is 0 Å². The Hall–Kier alpha value is -1.75. The summed E-state index contributed by atoms with van der Waals surface area (Å²) in [5, 5.41) is 0. The van der Waals surface area contributed by atoms with Crippen LogP contribution in [0.1, 0.15) is 52.3 Å². The van der Waals surface area contributed by atoms with Crippen molar-refractivity contribution in [3.63, 3.8) is 0 Å². The zero-order valence-electron chi connectivity index (χ0n) is 21.0. The van der Waals surface area contributed by atoms with Crippen molar-refractivity contribution in [3.05, 3.63) is 168 Å². The maximum absolute atomic E-state index is 4.93. The Morgan fingerprint density at radius 1 is 0.541 bits per heavy atom. The predicted molar refractivity (Wildman–Crippen MR) is 163 cm³/mol. The molecule has 1 fully saturated rings. The van der Waals surface area contributed by atoms with Gasteiger partial charge in [-0.15, -0.1) is 33.4 Å². The first kappa shape index (κ1) is 33.3. The summed E-state index contributed by atoms with van der Waals surface area (Å²) in [7, 11) is 0.857. The van der Waals surface area contributed by atoms with Gasteiger partial charge in [0.2, 0.25) is 0 Å². The fraction of sp³-hybridized carbons (Fsp3) is 0.152. The third-order valence-corrected chi connectivity index (χ3v) is 8.56. The molecule has 4 atom stereocenters. The second kappa shape index (κ2) is 17.7. The molecule has 0 bridgehead atoms. The molecular weight excluding hydrogens is 589 g/mol. The maximum Gasteiger partial charge on any atom is 0.00947 e. The van der Waals surface area contributed by atoms with Crippen LogP contribution in [-0.4, -0.2) is 0 Å². The molecule has 1 heterocycles. The summed E-state index contributed by atoms with van der Waals surface area (Å²) >= 11 is 0. The normalized spacial score (nSPS) is 20.5. The van der Waals surface area contributed by atoms with Gasteiger partial charge in [0.05, 0.1) is 0 Å². The molecule has 0 saturated carbocycles. The minimum atomic E-state index is 0. The van der Waals surface area contributed by atoms with E-state index in [4.69, 9.17) is 6.58 Å². The molecule has 4 heteroatoms. The SMILES string of the molecule is Cl.Cl.[CH-]=CC=CC.[Zr].c1ccc(C2PC(c3ccccc3)C(c3ccccc3)C2c2ccccc2)cc1. The minimum Gasteiger partial charge on any atom is -0.293 e. The van der Waals surface area contributed by atoms with Crippen LogP contribution in [0.4, 0.5) is 0 Å². The van der Waals surface area contributed by atoms with Crippen LogP contribution in [0, 0.1) is 6.58 Å². The van der Waals surface area contributed by atoms with E-state index >= 15 is 0 Å². The molecule has 190 valence electrons.